The number of urea groups is 1. The van der Waals surface area contributed by atoms with Gasteiger partial charge in [0.1, 0.15) is 10.7 Å². The van der Waals surface area contributed by atoms with E-state index in [1.807, 2.05) is 64.6 Å². The zero-order valence-corrected chi connectivity index (χ0v) is 19.5. The molecule has 0 spiro atoms. The van der Waals surface area contributed by atoms with Crippen LogP contribution in [0.4, 0.5) is 4.79 Å². The van der Waals surface area contributed by atoms with E-state index in [9.17, 15) is 13.2 Å². The van der Waals surface area contributed by atoms with E-state index in [-0.39, 0.29) is 17.6 Å². The monoisotopic (exact) mass is 432 g/mol. The number of sulfonamides is 1. The molecular formula is C22H32N4O3S. The quantitative estimate of drug-likeness (QED) is 0.750. The Morgan fingerprint density at radius 2 is 1.73 bits per heavy atom. The number of nitrogens with zero attached hydrogens (tertiary/aromatic N) is 2. The third-order valence-electron chi connectivity index (χ3n) is 5.53. The van der Waals surface area contributed by atoms with Crippen LogP contribution in [-0.2, 0) is 10.0 Å². The zero-order chi connectivity index (χ0) is 22.3. The lowest BCUT2D eigenvalue weighted by Crippen LogP contribution is -2.52. The maximum atomic E-state index is 12.8. The number of hydrogen-bond acceptors (Lipinski definition) is 4. The second-order valence-corrected chi connectivity index (χ2v) is 10.8. The number of rotatable bonds is 2. The topological polar surface area (TPSA) is 90.9 Å². The summed E-state index contributed by atoms with van der Waals surface area (Å²) in [6.45, 7) is 12.9. The SMILES string of the molecule is CC1=C(c2ccc(C)c(C)c2)S(=O)(=O)N=C1N1CCC(NC(=O)NC(C)(C)C)CC1. The summed E-state index contributed by atoms with van der Waals surface area (Å²) in [6, 6.07) is 5.59. The number of nitrogens with one attached hydrogen (secondary N) is 2. The second-order valence-electron chi connectivity index (χ2n) is 9.25. The van der Waals surface area contributed by atoms with Crippen molar-refractivity contribution in [2.45, 2.75) is 66.0 Å². The maximum absolute atomic E-state index is 12.8. The molecule has 2 aliphatic rings. The third kappa shape index (κ3) is 4.86. The molecule has 8 heteroatoms. The first kappa shape index (κ1) is 22.3. The minimum Gasteiger partial charge on any atom is -0.356 e. The van der Waals surface area contributed by atoms with Gasteiger partial charge in [-0.15, -0.1) is 4.40 Å². The van der Waals surface area contributed by atoms with E-state index in [0.717, 1.165) is 24.0 Å². The fraction of sp³-hybridized carbons (Fsp3) is 0.545. The van der Waals surface area contributed by atoms with Crippen LogP contribution in [0.5, 0.6) is 0 Å². The van der Waals surface area contributed by atoms with E-state index in [2.05, 4.69) is 15.0 Å². The summed E-state index contributed by atoms with van der Waals surface area (Å²) in [4.78, 5) is 14.4. The number of hydrogen-bond donors (Lipinski definition) is 2. The molecule has 3 rings (SSSR count). The largest absolute Gasteiger partial charge is 0.356 e. The predicted molar refractivity (Wildman–Crippen MR) is 121 cm³/mol. The lowest BCUT2D eigenvalue weighted by molar-refractivity contribution is 0.218. The van der Waals surface area contributed by atoms with E-state index in [1.54, 1.807) is 0 Å². The fourth-order valence-corrected chi connectivity index (χ4v) is 5.34. The number of carbonyl (C=O) groups excluding carboxylic acids is 1. The zero-order valence-electron chi connectivity index (χ0n) is 18.7. The Hall–Kier alpha value is -2.35. The van der Waals surface area contributed by atoms with Crippen molar-refractivity contribution in [3.8, 4) is 0 Å². The van der Waals surface area contributed by atoms with E-state index in [0.29, 0.717) is 35.0 Å². The van der Waals surface area contributed by atoms with Gasteiger partial charge in [0.25, 0.3) is 10.0 Å². The van der Waals surface area contributed by atoms with Gasteiger partial charge in [-0.2, -0.15) is 8.42 Å². The van der Waals surface area contributed by atoms with Gasteiger partial charge < -0.3 is 15.5 Å². The average Bonchev–Trinajstić information content (AvgIpc) is 2.86. The maximum Gasteiger partial charge on any atom is 0.315 e. The normalized spacial score (nSPS) is 19.7. The van der Waals surface area contributed by atoms with Crippen LogP contribution in [0.25, 0.3) is 4.91 Å². The van der Waals surface area contributed by atoms with Gasteiger partial charge in [-0.1, -0.05) is 18.2 Å². The van der Waals surface area contributed by atoms with Crippen LogP contribution in [0.15, 0.2) is 28.2 Å². The molecule has 0 saturated carbocycles. The molecule has 0 radical (unpaired) electrons. The Morgan fingerprint density at radius 3 is 2.30 bits per heavy atom. The van der Waals surface area contributed by atoms with Crippen LogP contribution in [0.3, 0.4) is 0 Å². The number of carbonyl (C=O) groups is 1. The molecule has 7 nitrogen and oxygen atoms in total. The van der Waals surface area contributed by atoms with Gasteiger partial charge in [0.2, 0.25) is 0 Å². The molecule has 30 heavy (non-hydrogen) atoms. The van der Waals surface area contributed by atoms with Gasteiger partial charge in [0.15, 0.2) is 0 Å². The van der Waals surface area contributed by atoms with Gasteiger partial charge in [0, 0.05) is 30.2 Å². The minimum atomic E-state index is -3.72. The van der Waals surface area contributed by atoms with E-state index < -0.39 is 10.0 Å². The molecule has 0 atom stereocenters. The number of amides is 2. The molecule has 2 amide bonds. The Labute approximate surface area is 179 Å². The van der Waals surface area contributed by atoms with Gasteiger partial charge in [-0.05, 0) is 71.1 Å². The molecule has 2 aliphatic heterocycles. The highest BCUT2D eigenvalue weighted by atomic mass is 32.2. The molecular weight excluding hydrogens is 400 g/mol. The Kier molecular flexibility index (Phi) is 6.00. The number of piperidine rings is 1. The second kappa shape index (κ2) is 8.06. The van der Waals surface area contributed by atoms with Crippen molar-refractivity contribution in [1.82, 2.24) is 15.5 Å². The number of amidine groups is 1. The first-order chi connectivity index (χ1) is 13.9. The van der Waals surface area contributed by atoms with Crippen LogP contribution in [0.1, 0.15) is 57.2 Å². The molecule has 1 aromatic rings. The molecule has 164 valence electrons. The van der Waals surface area contributed by atoms with Crippen LogP contribution >= 0.6 is 0 Å². The van der Waals surface area contributed by atoms with Crippen molar-refractivity contribution < 1.29 is 13.2 Å². The summed E-state index contributed by atoms with van der Waals surface area (Å²) in [6.07, 6.45) is 1.48. The Balaban J connectivity index is 1.72. The molecule has 1 saturated heterocycles. The lowest BCUT2D eigenvalue weighted by Gasteiger charge is -2.34. The van der Waals surface area contributed by atoms with Crippen LogP contribution < -0.4 is 10.6 Å². The van der Waals surface area contributed by atoms with Crippen LogP contribution in [0, 0.1) is 13.8 Å². The Bertz CT molecular complexity index is 1010. The van der Waals surface area contributed by atoms with Crippen LogP contribution in [0.2, 0.25) is 0 Å². The van der Waals surface area contributed by atoms with E-state index >= 15 is 0 Å². The van der Waals surface area contributed by atoms with Crippen molar-refractivity contribution in [1.29, 1.82) is 0 Å². The highest BCUT2D eigenvalue weighted by molar-refractivity contribution is 8.00. The molecule has 2 heterocycles. The highest BCUT2D eigenvalue weighted by Gasteiger charge is 2.35. The summed E-state index contributed by atoms with van der Waals surface area (Å²) in [7, 11) is -3.72. The summed E-state index contributed by atoms with van der Waals surface area (Å²) in [5.74, 6) is 0.529. The first-order valence-corrected chi connectivity index (χ1v) is 11.8. The summed E-state index contributed by atoms with van der Waals surface area (Å²) < 4.78 is 29.8. The minimum absolute atomic E-state index is 0.0608. The van der Waals surface area contributed by atoms with Crippen molar-refractivity contribution in [3.63, 3.8) is 0 Å². The standard InChI is InChI=1S/C22H32N4O3S/c1-14-7-8-17(13-15(14)2)19-16(3)20(25-30(19,28)29)26-11-9-18(10-12-26)23-21(27)24-22(4,5)6/h7-8,13,18H,9-12H2,1-6H3,(H2,23,24,27). The molecule has 0 unspecified atom stereocenters. The molecule has 0 bridgehead atoms. The van der Waals surface area contributed by atoms with Crippen LogP contribution in [-0.4, -0.2) is 49.9 Å². The highest BCUT2D eigenvalue weighted by Crippen LogP contribution is 2.35. The Morgan fingerprint density at radius 1 is 1.10 bits per heavy atom. The van der Waals surface area contributed by atoms with Crippen molar-refractivity contribution in [2.75, 3.05) is 13.1 Å². The van der Waals surface area contributed by atoms with Crippen molar-refractivity contribution in [2.24, 2.45) is 4.40 Å². The summed E-state index contributed by atoms with van der Waals surface area (Å²) in [5.41, 5.74) is 3.26. The van der Waals surface area contributed by atoms with E-state index in [4.69, 9.17) is 0 Å². The molecule has 2 N–H and O–H groups in total. The molecule has 1 aromatic carbocycles. The molecule has 0 aromatic heterocycles. The van der Waals surface area contributed by atoms with Gasteiger partial charge in [-0.25, -0.2) is 4.79 Å². The molecule has 1 fully saturated rings. The van der Waals surface area contributed by atoms with Crippen molar-refractivity contribution >= 4 is 26.8 Å². The van der Waals surface area contributed by atoms with Gasteiger partial charge in [0.05, 0.1) is 0 Å². The van der Waals surface area contributed by atoms with E-state index in [1.165, 1.54) is 0 Å². The number of likely N-dealkylation sites (tertiary alicyclic amines) is 1. The number of aryl methyl sites for hydroxylation is 2. The first-order valence-electron chi connectivity index (χ1n) is 10.3. The fourth-order valence-electron chi connectivity index (χ4n) is 3.86. The lowest BCUT2D eigenvalue weighted by atomic mass is 10.0. The predicted octanol–water partition coefficient (Wildman–Crippen LogP) is 3.34. The van der Waals surface area contributed by atoms with Gasteiger partial charge >= 0.3 is 6.03 Å². The summed E-state index contributed by atoms with van der Waals surface area (Å²) in [5, 5.41) is 5.92. The van der Waals surface area contributed by atoms with Crippen molar-refractivity contribution in [3.05, 3.63) is 40.5 Å². The summed E-state index contributed by atoms with van der Waals surface area (Å²) >= 11 is 0. The average molecular weight is 433 g/mol. The van der Waals surface area contributed by atoms with Gasteiger partial charge in [-0.3, -0.25) is 0 Å². The third-order valence-corrected chi connectivity index (χ3v) is 7.00. The smallest absolute Gasteiger partial charge is 0.315 e. The molecule has 0 aliphatic carbocycles. The number of benzene rings is 1.